The Morgan fingerprint density at radius 2 is 1.41 bits per heavy atom. The summed E-state index contributed by atoms with van der Waals surface area (Å²) in [7, 11) is 0. The normalized spacial score (nSPS) is 37.3. The second-order valence-corrected chi connectivity index (χ2v) is 15.4. The molecule has 262 valence electrons. The maximum atomic E-state index is 13.3. The van der Waals surface area contributed by atoms with E-state index in [1.54, 1.807) is 6.92 Å². The SMILES string of the molecule is CC(=O)CC[C@@H](C)[C@H]1CC[C@H]2[C@@H]3[C@H](OC(=O)CCN)C[C@@H]4C[C@H](OC(=O)CCCN)CC[C@]4(C)[C@H]3C[C@H](OC(=O)CCCN)[C@]12C. The first kappa shape index (κ1) is 36.8. The zero-order valence-corrected chi connectivity index (χ0v) is 28.8. The van der Waals surface area contributed by atoms with Gasteiger partial charge in [-0.25, -0.2) is 0 Å². The third-order valence-corrected chi connectivity index (χ3v) is 12.8. The van der Waals surface area contributed by atoms with Gasteiger partial charge >= 0.3 is 17.9 Å². The molecule has 0 aliphatic heterocycles. The number of carbonyl (C=O) groups is 4. The number of hydrogen-bond donors (Lipinski definition) is 3. The summed E-state index contributed by atoms with van der Waals surface area (Å²) in [4.78, 5) is 50.8. The molecule has 0 amide bonds. The lowest BCUT2D eigenvalue weighted by Gasteiger charge is -2.64. The van der Waals surface area contributed by atoms with Crippen LogP contribution >= 0.6 is 0 Å². The Kier molecular flexibility index (Phi) is 12.7. The molecule has 4 saturated carbocycles. The number of carbonyl (C=O) groups excluding carboxylic acids is 4. The lowest BCUT2D eigenvalue weighted by atomic mass is 9.43. The minimum absolute atomic E-state index is 0.0802. The molecule has 0 heterocycles. The first-order chi connectivity index (χ1) is 21.9. The molecular weight excluding hydrogens is 586 g/mol. The fourth-order valence-electron chi connectivity index (χ4n) is 10.4. The molecule has 4 aliphatic carbocycles. The molecular formula is C36H61N3O7. The van der Waals surface area contributed by atoms with Crippen LogP contribution in [0.25, 0.3) is 0 Å². The average molecular weight is 648 g/mol. The molecule has 6 N–H and O–H groups in total. The van der Waals surface area contributed by atoms with Crippen LogP contribution in [0.4, 0.5) is 0 Å². The highest BCUT2D eigenvalue weighted by Crippen LogP contribution is 2.69. The summed E-state index contributed by atoms with van der Waals surface area (Å²) in [6.45, 7) is 9.69. The van der Waals surface area contributed by atoms with Crippen LogP contribution in [0.5, 0.6) is 0 Å². The van der Waals surface area contributed by atoms with E-state index in [1.165, 1.54) is 0 Å². The van der Waals surface area contributed by atoms with Gasteiger partial charge in [0.15, 0.2) is 0 Å². The number of ketones is 1. The van der Waals surface area contributed by atoms with Crippen molar-refractivity contribution in [1.29, 1.82) is 0 Å². The Morgan fingerprint density at radius 1 is 0.761 bits per heavy atom. The minimum atomic E-state index is -0.312. The zero-order valence-electron chi connectivity index (χ0n) is 28.8. The quantitative estimate of drug-likeness (QED) is 0.170. The Morgan fingerprint density at radius 3 is 2.04 bits per heavy atom. The fraction of sp³-hybridized carbons (Fsp3) is 0.889. The molecule has 0 unspecified atom stereocenters. The van der Waals surface area contributed by atoms with Crippen molar-refractivity contribution in [3.8, 4) is 0 Å². The number of hydrogen-bond acceptors (Lipinski definition) is 10. The van der Waals surface area contributed by atoms with Gasteiger partial charge in [-0.15, -0.1) is 0 Å². The molecule has 10 nitrogen and oxygen atoms in total. The molecule has 11 atom stereocenters. The molecule has 0 bridgehead atoms. The van der Waals surface area contributed by atoms with Gasteiger partial charge < -0.3 is 36.2 Å². The Labute approximate surface area is 275 Å². The summed E-state index contributed by atoms with van der Waals surface area (Å²) < 4.78 is 18.8. The van der Waals surface area contributed by atoms with Gasteiger partial charge in [0.2, 0.25) is 0 Å². The largest absolute Gasteiger partial charge is 0.462 e. The van der Waals surface area contributed by atoms with Crippen LogP contribution in [0.15, 0.2) is 0 Å². The maximum absolute atomic E-state index is 13.3. The zero-order chi connectivity index (χ0) is 33.6. The molecule has 4 aliphatic rings. The molecule has 0 aromatic carbocycles. The summed E-state index contributed by atoms with van der Waals surface area (Å²) in [5.41, 5.74) is 16.7. The van der Waals surface area contributed by atoms with Crippen LogP contribution in [0.2, 0.25) is 0 Å². The van der Waals surface area contributed by atoms with Crippen LogP contribution in [-0.4, -0.2) is 61.6 Å². The third kappa shape index (κ3) is 7.81. The van der Waals surface area contributed by atoms with Crippen molar-refractivity contribution in [3.63, 3.8) is 0 Å². The van der Waals surface area contributed by atoms with E-state index in [4.69, 9.17) is 31.4 Å². The molecule has 10 heteroatoms. The van der Waals surface area contributed by atoms with Gasteiger partial charge in [-0.3, -0.25) is 14.4 Å². The van der Waals surface area contributed by atoms with Gasteiger partial charge in [-0.2, -0.15) is 0 Å². The van der Waals surface area contributed by atoms with Gasteiger partial charge in [0.25, 0.3) is 0 Å². The van der Waals surface area contributed by atoms with Gasteiger partial charge in [-0.05, 0) is 119 Å². The number of Topliss-reactive ketones (excluding diaryl/α,β-unsaturated/α-hetero) is 1. The van der Waals surface area contributed by atoms with Crippen molar-refractivity contribution in [2.45, 2.75) is 136 Å². The Hall–Kier alpha value is -2.04. The van der Waals surface area contributed by atoms with E-state index in [9.17, 15) is 19.2 Å². The number of nitrogens with two attached hydrogens (primary N) is 3. The van der Waals surface area contributed by atoms with E-state index in [1.807, 2.05) is 0 Å². The molecule has 0 saturated heterocycles. The molecule has 4 rings (SSSR count). The highest BCUT2D eigenvalue weighted by Gasteiger charge is 2.67. The minimum Gasteiger partial charge on any atom is -0.462 e. The van der Waals surface area contributed by atoms with E-state index in [0.29, 0.717) is 51.6 Å². The maximum Gasteiger partial charge on any atom is 0.307 e. The Bertz CT molecular complexity index is 1090. The van der Waals surface area contributed by atoms with Crippen molar-refractivity contribution in [2.24, 2.45) is 63.5 Å². The van der Waals surface area contributed by atoms with Crippen molar-refractivity contribution in [1.82, 2.24) is 0 Å². The first-order valence-corrected chi connectivity index (χ1v) is 18.1. The third-order valence-electron chi connectivity index (χ3n) is 12.8. The molecule has 0 radical (unpaired) electrons. The van der Waals surface area contributed by atoms with Crippen molar-refractivity contribution < 1.29 is 33.4 Å². The molecule has 0 spiro atoms. The second-order valence-electron chi connectivity index (χ2n) is 15.4. The predicted molar refractivity (Wildman–Crippen MR) is 175 cm³/mol. The molecule has 4 fully saturated rings. The van der Waals surface area contributed by atoms with E-state index in [2.05, 4.69) is 20.8 Å². The number of esters is 3. The van der Waals surface area contributed by atoms with Crippen molar-refractivity contribution >= 4 is 23.7 Å². The van der Waals surface area contributed by atoms with Crippen molar-refractivity contribution in [2.75, 3.05) is 19.6 Å². The monoisotopic (exact) mass is 647 g/mol. The average Bonchev–Trinajstić information content (AvgIpc) is 3.37. The summed E-state index contributed by atoms with van der Waals surface area (Å²) >= 11 is 0. The van der Waals surface area contributed by atoms with Crippen LogP contribution in [0.3, 0.4) is 0 Å². The fourth-order valence-corrected chi connectivity index (χ4v) is 10.4. The van der Waals surface area contributed by atoms with Crippen LogP contribution in [-0.2, 0) is 33.4 Å². The summed E-state index contributed by atoms with van der Waals surface area (Å²) in [5, 5.41) is 0. The highest BCUT2D eigenvalue weighted by atomic mass is 16.6. The van der Waals surface area contributed by atoms with Crippen LogP contribution in [0.1, 0.15) is 118 Å². The smallest absolute Gasteiger partial charge is 0.307 e. The molecule has 0 aromatic heterocycles. The lowest BCUT2D eigenvalue weighted by Crippen LogP contribution is -2.63. The standard InChI is InChI=1S/C36H61N3O7/c1-22(9-10-23(2)40)26-11-12-27-34-28(21-30(36(26,27)4)46-32(42)8-6-17-38)35(3)15-13-25(44-31(41)7-5-16-37)19-24(35)20-29(34)45-33(43)14-18-39/h22,24-30,34H,5-21,37-39H2,1-4H3/t22-,24+,25-,26-,27+,28+,29-,30+,34+,35+,36-/m1/s1. The Balaban J connectivity index is 1.69. The first-order valence-electron chi connectivity index (χ1n) is 18.1. The van der Waals surface area contributed by atoms with Crippen LogP contribution < -0.4 is 17.2 Å². The van der Waals surface area contributed by atoms with Gasteiger partial charge in [0.1, 0.15) is 24.1 Å². The summed E-state index contributed by atoms with van der Waals surface area (Å²) in [6, 6.07) is 0. The van der Waals surface area contributed by atoms with Crippen molar-refractivity contribution in [3.05, 3.63) is 0 Å². The lowest BCUT2D eigenvalue weighted by molar-refractivity contribution is -0.225. The topological polar surface area (TPSA) is 174 Å². The van der Waals surface area contributed by atoms with Gasteiger partial charge in [0.05, 0.1) is 6.42 Å². The number of fused-ring (bicyclic) bond motifs is 5. The van der Waals surface area contributed by atoms with Gasteiger partial charge in [0, 0.05) is 37.1 Å². The second kappa shape index (κ2) is 15.9. The number of rotatable bonds is 15. The molecule has 46 heavy (non-hydrogen) atoms. The van der Waals surface area contributed by atoms with E-state index in [-0.39, 0.29) is 101 Å². The number of ether oxygens (including phenoxy) is 3. The highest BCUT2D eigenvalue weighted by molar-refractivity contribution is 5.75. The predicted octanol–water partition coefficient (Wildman–Crippen LogP) is 4.43. The van der Waals surface area contributed by atoms with E-state index in [0.717, 1.165) is 44.9 Å². The summed E-state index contributed by atoms with van der Waals surface area (Å²) in [5.74, 6) is 0.775. The summed E-state index contributed by atoms with van der Waals surface area (Å²) in [6.07, 6.45) is 8.41. The van der Waals surface area contributed by atoms with E-state index >= 15 is 0 Å². The molecule has 0 aromatic rings. The van der Waals surface area contributed by atoms with E-state index < -0.39 is 0 Å². The van der Waals surface area contributed by atoms with Crippen LogP contribution in [0, 0.1) is 46.3 Å². The van der Waals surface area contributed by atoms with Gasteiger partial charge in [-0.1, -0.05) is 20.8 Å².